The highest BCUT2D eigenvalue weighted by atomic mass is 16.8. The molecule has 0 radical (unpaired) electrons. The molecule has 0 unspecified atom stereocenters. The fourth-order valence-electron chi connectivity index (χ4n) is 5.91. The minimum atomic E-state index is -1.72. The third-order valence-electron chi connectivity index (χ3n) is 8.10. The van der Waals surface area contributed by atoms with Crippen LogP contribution in [0.2, 0.25) is 0 Å². The molecule has 2 fully saturated rings. The van der Waals surface area contributed by atoms with Crippen molar-refractivity contribution in [3.63, 3.8) is 0 Å². The van der Waals surface area contributed by atoms with Crippen molar-refractivity contribution in [2.24, 2.45) is 0 Å². The number of hydrogen-bond donors (Lipinski definition) is 2. The summed E-state index contributed by atoms with van der Waals surface area (Å²) in [4.78, 5) is 84.3. The molecule has 2 aliphatic rings. The van der Waals surface area contributed by atoms with Crippen LogP contribution in [0.15, 0.2) is 0 Å². The van der Waals surface area contributed by atoms with E-state index in [1.165, 1.54) is 6.92 Å². The Kier molecular flexibility index (Phi) is 20.4. The van der Waals surface area contributed by atoms with Crippen LogP contribution < -0.4 is 5.32 Å². The van der Waals surface area contributed by atoms with Crippen molar-refractivity contribution in [2.75, 3.05) is 26.4 Å². The zero-order valence-corrected chi connectivity index (χ0v) is 31.9. The average Bonchev–Trinajstić information content (AvgIpc) is 3.06. The Morgan fingerprint density at radius 1 is 0.593 bits per heavy atom. The molecule has 0 spiro atoms. The van der Waals surface area contributed by atoms with Crippen molar-refractivity contribution in [1.82, 2.24) is 5.32 Å². The first-order valence-corrected chi connectivity index (χ1v) is 18.0. The molecule has 54 heavy (non-hydrogen) atoms. The van der Waals surface area contributed by atoms with Crippen LogP contribution in [0.3, 0.4) is 0 Å². The van der Waals surface area contributed by atoms with Crippen molar-refractivity contribution >= 4 is 41.7 Å². The summed E-state index contributed by atoms with van der Waals surface area (Å²) >= 11 is 0. The van der Waals surface area contributed by atoms with E-state index in [-0.39, 0.29) is 12.6 Å². The molecule has 0 aromatic carbocycles. The third-order valence-corrected chi connectivity index (χ3v) is 8.10. The normalized spacial score (nSPS) is 27.9. The predicted octanol–water partition coefficient (Wildman–Crippen LogP) is 0.919. The molecule has 2 aliphatic heterocycles. The third kappa shape index (κ3) is 16.2. The Morgan fingerprint density at radius 3 is 1.67 bits per heavy atom. The van der Waals surface area contributed by atoms with E-state index in [2.05, 4.69) is 5.32 Å². The number of amides is 1. The number of aliphatic hydroxyl groups is 1. The van der Waals surface area contributed by atoms with Crippen LogP contribution in [0.1, 0.15) is 93.4 Å². The first-order valence-electron chi connectivity index (χ1n) is 18.0. The largest absolute Gasteiger partial charge is 0.466 e. The Hall–Kier alpha value is -3.91. The Labute approximate surface area is 314 Å². The first-order chi connectivity index (χ1) is 25.5. The Balaban J connectivity index is 2.38. The molecule has 1 amide bonds. The summed E-state index contributed by atoms with van der Waals surface area (Å²) in [6.07, 6.45) is -8.43. The van der Waals surface area contributed by atoms with Crippen LogP contribution in [-0.4, -0.2) is 135 Å². The number of hydrogen-bond acceptors (Lipinski definition) is 18. The molecule has 19 heteroatoms. The zero-order chi connectivity index (χ0) is 40.4. The smallest absolute Gasteiger partial charge is 0.305 e. The van der Waals surface area contributed by atoms with Crippen LogP contribution in [0.4, 0.5) is 0 Å². The van der Waals surface area contributed by atoms with Gasteiger partial charge in [0.25, 0.3) is 0 Å². The molecule has 0 aliphatic carbocycles. The van der Waals surface area contributed by atoms with Gasteiger partial charge in [-0.05, 0) is 19.8 Å². The highest BCUT2D eigenvalue weighted by Gasteiger charge is 2.56. The number of unbranched alkanes of at least 4 members (excludes halogenated alkanes) is 5. The van der Waals surface area contributed by atoms with E-state index < -0.39 is 110 Å². The van der Waals surface area contributed by atoms with E-state index >= 15 is 0 Å². The van der Waals surface area contributed by atoms with Gasteiger partial charge in [-0.25, -0.2) is 0 Å². The number of nitrogens with one attached hydrogen (secondary N) is 1. The molecule has 0 aromatic rings. The molecule has 0 bridgehead atoms. The minimum Gasteiger partial charge on any atom is -0.466 e. The standard InChI is InChI=1S/C35H55NO18/c1-8-45-27(43)15-13-11-9-10-12-14-16-46-34-28(36-19(2)37)31(29(44)25(52-34)17-47-20(3)38)54-35-33(51-24(7)42)32(50-23(6)41)30(49-22(5)40)26(53-35)18-48-21(4)39/h25-26,28-35,44H,8-18H2,1-7H3,(H,36,37)/t25-,26-,28-,29-,30+,31-,32+,33-,34-,35+/m1/s1. The maximum atomic E-state index is 12.5. The van der Waals surface area contributed by atoms with Gasteiger partial charge in [-0.1, -0.05) is 25.7 Å². The second-order valence-corrected chi connectivity index (χ2v) is 12.8. The van der Waals surface area contributed by atoms with E-state index in [1.807, 2.05) is 0 Å². The lowest BCUT2D eigenvalue weighted by Gasteiger charge is -2.48. The molecule has 0 aromatic heterocycles. The summed E-state index contributed by atoms with van der Waals surface area (Å²) in [5, 5.41) is 14.2. The van der Waals surface area contributed by atoms with E-state index in [0.29, 0.717) is 19.4 Å². The molecule has 2 N–H and O–H groups in total. The second kappa shape index (κ2) is 23.8. The van der Waals surface area contributed by atoms with Crippen molar-refractivity contribution in [2.45, 2.75) is 155 Å². The highest BCUT2D eigenvalue weighted by Crippen LogP contribution is 2.34. The lowest BCUT2D eigenvalue weighted by molar-refractivity contribution is -0.346. The van der Waals surface area contributed by atoms with Gasteiger partial charge in [-0.15, -0.1) is 0 Å². The van der Waals surface area contributed by atoms with Gasteiger partial charge in [-0.2, -0.15) is 0 Å². The molecule has 2 heterocycles. The van der Waals surface area contributed by atoms with Crippen LogP contribution in [0.5, 0.6) is 0 Å². The van der Waals surface area contributed by atoms with E-state index in [4.69, 9.17) is 47.4 Å². The summed E-state index contributed by atoms with van der Waals surface area (Å²) in [7, 11) is 0. The average molecular weight is 778 g/mol. The first kappa shape index (κ1) is 46.2. The summed E-state index contributed by atoms with van der Waals surface area (Å²) < 4.78 is 56.0. The summed E-state index contributed by atoms with van der Waals surface area (Å²) in [5.41, 5.74) is 0. The van der Waals surface area contributed by atoms with Crippen molar-refractivity contribution in [3.8, 4) is 0 Å². The van der Waals surface area contributed by atoms with Gasteiger partial charge in [0.05, 0.1) is 6.61 Å². The molecule has 0 saturated carbocycles. The summed E-state index contributed by atoms with van der Waals surface area (Å²) in [5.74, 6) is -4.77. The van der Waals surface area contributed by atoms with Gasteiger partial charge >= 0.3 is 35.8 Å². The zero-order valence-electron chi connectivity index (χ0n) is 31.9. The maximum absolute atomic E-state index is 12.5. The van der Waals surface area contributed by atoms with Gasteiger partial charge in [0.15, 0.2) is 30.9 Å². The number of carbonyl (C=O) groups is 7. The quantitative estimate of drug-likeness (QED) is 0.0935. The number of aliphatic hydroxyl groups excluding tert-OH is 1. The fourth-order valence-corrected chi connectivity index (χ4v) is 5.91. The van der Waals surface area contributed by atoms with Crippen LogP contribution in [-0.2, 0) is 80.9 Å². The molecule has 10 atom stereocenters. The predicted molar refractivity (Wildman–Crippen MR) is 181 cm³/mol. The van der Waals surface area contributed by atoms with Gasteiger partial charge in [0.1, 0.15) is 43.7 Å². The Bertz CT molecular complexity index is 1260. The van der Waals surface area contributed by atoms with E-state index in [1.54, 1.807) is 6.92 Å². The summed E-state index contributed by atoms with van der Waals surface area (Å²) in [6, 6.07) is -1.25. The van der Waals surface area contributed by atoms with E-state index in [0.717, 1.165) is 66.7 Å². The Morgan fingerprint density at radius 2 is 1.11 bits per heavy atom. The SMILES string of the molecule is CCOC(=O)CCCCCCCCO[C@@H]1O[C@H](COC(C)=O)[C@@H](O)[C@H](O[C@@H]2O[C@H](COC(C)=O)[C@H](OC(C)=O)[C@H](OC(C)=O)[C@H]2OC(C)=O)[C@H]1NC(C)=O. The van der Waals surface area contributed by atoms with Gasteiger partial charge in [-0.3, -0.25) is 33.6 Å². The molecule has 308 valence electrons. The fraction of sp³-hybridized carbons (Fsp3) is 0.800. The molecular weight excluding hydrogens is 722 g/mol. The van der Waals surface area contributed by atoms with Crippen molar-refractivity contribution in [3.05, 3.63) is 0 Å². The van der Waals surface area contributed by atoms with Crippen LogP contribution >= 0.6 is 0 Å². The van der Waals surface area contributed by atoms with E-state index in [9.17, 15) is 38.7 Å². The maximum Gasteiger partial charge on any atom is 0.305 e. The number of ether oxygens (including phenoxy) is 10. The second-order valence-electron chi connectivity index (χ2n) is 12.8. The molecule has 19 nitrogen and oxygen atoms in total. The number of rotatable bonds is 21. The monoisotopic (exact) mass is 777 g/mol. The number of esters is 6. The van der Waals surface area contributed by atoms with Gasteiger partial charge < -0.3 is 57.8 Å². The molecule has 2 saturated heterocycles. The molecular formula is C35H55NO18. The molecule has 2 rings (SSSR count). The number of carbonyl (C=O) groups excluding carboxylic acids is 7. The lowest BCUT2D eigenvalue weighted by atomic mass is 9.95. The summed E-state index contributed by atoms with van der Waals surface area (Å²) in [6.45, 7) is 7.95. The minimum absolute atomic E-state index is 0.145. The van der Waals surface area contributed by atoms with Gasteiger partial charge in [0, 0.05) is 54.6 Å². The van der Waals surface area contributed by atoms with Crippen molar-refractivity contribution < 1.29 is 86.0 Å². The van der Waals surface area contributed by atoms with Crippen LogP contribution in [0.25, 0.3) is 0 Å². The topological polar surface area (TPSA) is 244 Å². The van der Waals surface area contributed by atoms with Crippen molar-refractivity contribution in [1.29, 1.82) is 0 Å². The van der Waals surface area contributed by atoms with Gasteiger partial charge in [0.2, 0.25) is 5.91 Å². The lowest BCUT2D eigenvalue weighted by Crippen LogP contribution is -2.69. The highest BCUT2D eigenvalue weighted by molar-refractivity contribution is 5.73. The van der Waals surface area contributed by atoms with Crippen LogP contribution in [0, 0.1) is 0 Å².